The molecule has 0 aromatic heterocycles. The fourth-order valence-corrected chi connectivity index (χ4v) is 3.25. The zero-order valence-electron chi connectivity index (χ0n) is 12.4. The highest BCUT2D eigenvalue weighted by atomic mass is 79.9. The molecule has 1 heteroatoms. The van der Waals surface area contributed by atoms with Crippen LogP contribution in [0.25, 0.3) is 0 Å². The van der Waals surface area contributed by atoms with Gasteiger partial charge in [-0.3, -0.25) is 0 Å². The Hall–Kier alpha value is 0.480. The van der Waals surface area contributed by atoms with Crippen molar-refractivity contribution in [1.29, 1.82) is 0 Å². The molecule has 0 heterocycles. The van der Waals surface area contributed by atoms with Crippen LogP contribution >= 0.6 is 15.9 Å². The van der Waals surface area contributed by atoms with Crippen molar-refractivity contribution in [2.45, 2.75) is 102 Å². The fraction of sp³-hybridized carbons (Fsp3) is 1.00. The fourth-order valence-electron chi connectivity index (χ4n) is 2.41. The zero-order valence-corrected chi connectivity index (χ0v) is 13.9. The topological polar surface area (TPSA) is 0 Å². The average Bonchev–Trinajstić information content (AvgIpc) is 2.34. The monoisotopic (exact) mass is 304 g/mol. The lowest BCUT2D eigenvalue weighted by Crippen LogP contribution is -2.20. The molecule has 0 radical (unpaired) electrons. The molecule has 0 aliphatic carbocycles. The van der Waals surface area contributed by atoms with Crippen LogP contribution in [0, 0.1) is 0 Å². The Morgan fingerprint density at radius 1 is 0.588 bits per heavy atom. The average molecular weight is 305 g/mol. The summed E-state index contributed by atoms with van der Waals surface area (Å²) in [6.07, 6.45) is 16.6. The summed E-state index contributed by atoms with van der Waals surface area (Å²) >= 11 is 4.06. The van der Waals surface area contributed by atoms with Gasteiger partial charge in [0, 0.05) is 4.32 Å². The Morgan fingerprint density at radius 2 is 1.00 bits per heavy atom. The summed E-state index contributed by atoms with van der Waals surface area (Å²) in [5, 5.41) is 0. The van der Waals surface area contributed by atoms with E-state index in [1.807, 2.05) is 0 Å². The van der Waals surface area contributed by atoms with E-state index >= 15 is 0 Å². The Morgan fingerprint density at radius 3 is 1.47 bits per heavy atom. The van der Waals surface area contributed by atoms with Crippen molar-refractivity contribution in [3.05, 3.63) is 0 Å². The minimum Gasteiger partial charge on any atom is -0.0853 e. The van der Waals surface area contributed by atoms with E-state index in [2.05, 4.69) is 36.7 Å². The number of halogens is 1. The molecule has 104 valence electrons. The van der Waals surface area contributed by atoms with Crippen LogP contribution in [0.4, 0.5) is 0 Å². The maximum atomic E-state index is 4.06. The van der Waals surface area contributed by atoms with E-state index < -0.39 is 0 Å². The van der Waals surface area contributed by atoms with E-state index in [1.54, 1.807) is 0 Å². The van der Waals surface area contributed by atoms with Crippen molar-refractivity contribution in [2.75, 3.05) is 0 Å². The highest BCUT2D eigenvalue weighted by molar-refractivity contribution is 9.10. The van der Waals surface area contributed by atoms with Gasteiger partial charge in [-0.1, -0.05) is 94.5 Å². The quantitative estimate of drug-likeness (QED) is 0.273. The van der Waals surface area contributed by atoms with Crippen molar-refractivity contribution in [3.8, 4) is 0 Å². The maximum absolute atomic E-state index is 4.06. The van der Waals surface area contributed by atoms with Crippen molar-refractivity contribution < 1.29 is 0 Å². The van der Waals surface area contributed by atoms with Crippen molar-refractivity contribution in [1.82, 2.24) is 0 Å². The second kappa shape index (κ2) is 11.6. The molecule has 0 aliphatic rings. The maximum Gasteiger partial charge on any atom is 0.0258 e. The van der Waals surface area contributed by atoms with Gasteiger partial charge in [0.1, 0.15) is 0 Å². The van der Waals surface area contributed by atoms with Crippen LogP contribution in [-0.4, -0.2) is 4.32 Å². The normalized spacial score (nSPS) is 12.0. The minimum atomic E-state index is 0.464. The van der Waals surface area contributed by atoms with E-state index in [9.17, 15) is 0 Å². The summed E-state index contributed by atoms with van der Waals surface area (Å²) < 4.78 is 0.464. The summed E-state index contributed by atoms with van der Waals surface area (Å²) in [5.74, 6) is 0. The molecule has 0 aromatic carbocycles. The number of unbranched alkanes of at least 4 members (excludes halogenated alkanes) is 6. The molecule has 0 saturated heterocycles. The number of rotatable bonds is 12. The lowest BCUT2D eigenvalue weighted by atomic mass is 9.90. The smallest absolute Gasteiger partial charge is 0.0258 e. The molecule has 17 heavy (non-hydrogen) atoms. The molecule has 0 amide bonds. The molecule has 0 rings (SSSR count). The first-order valence-electron chi connectivity index (χ1n) is 7.87. The second-order valence-electron chi connectivity index (χ2n) is 5.52. The van der Waals surface area contributed by atoms with Gasteiger partial charge < -0.3 is 0 Å². The Kier molecular flexibility index (Phi) is 11.9. The third kappa shape index (κ3) is 10.1. The van der Waals surface area contributed by atoms with E-state index in [-0.39, 0.29) is 0 Å². The van der Waals surface area contributed by atoms with Crippen LogP contribution in [0.2, 0.25) is 0 Å². The van der Waals surface area contributed by atoms with E-state index in [1.165, 1.54) is 77.0 Å². The van der Waals surface area contributed by atoms with Crippen LogP contribution in [-0.2, 0) is 0 Å². The Labute approximate surface area is 118 Å². The summed E-state index contributed by atoms with van der Waals surface area (Å²) in [6.45, 7) is 6.89. The zero-order chi connectivity index (χ0) is 13.0. The van der Waals surface area contributed by atoms with Crippen LogP contribution in [0.3, 0.4) is 0 Å². The van der Waals surface area contributed by atoms with Gasteiger partial charge in [0.2, 0.25) is 0 Å². The van der Waals surface area contributed by atoms with Gasteiger partial charge in [-0.2, -0.15) is 0 Å². The van der Waals surface area contributed by atoms with Crippen molar-refractivity contribution in [3.63, 3.8) is 0 Å². The molecule has 0 spiro atoms. The highest BCUT2D eigenvalue weighted by Crippen LogP contribution is 2.36. The summed E-state index contributed by atoms with van der Waals surface area (Å²) in [6, 6.07) is 0. The molecule has 0 saturated carbocycles. The third-order valence-electron chi connectivity index (χ3n) is 3.69. The number of alkyl halides is 1. The molecule has 0 aromatic rings. The van der Waals surface area contributed by atoms with Crippen LogP contribution in [0.15, 0.2) is 0 Å². The lowest BCUT2D eigenvalue weighted by molar-refractivity contribution is 0.426. The lowest BCUT2D eigenvalue weighted by Gasteiger charge is -2.27. The van der Waals surface area contributed by atoms with Gasteiger partial charge in [-0.25, -0.2) is 0 Å². The first-order chi connectivity index (χ1) is 8.18. The molecule has 0 bridgehead atoms. The molecule has 0 unspecified atom stereocenters. The molecule has 0 atom stereocenters. The first-order valence-corrected chi connectivity index (χ1v) is 8.66. The molecule has 0 aliphatic heterocycles. The minimum absolute atomic E-state index is 0.464. The number of hydrogen-bond acceptors (Lipinski definition) is 0. The van der Waals surface area contributed by atoms with Gasteiger partial charge in [0.15, 0.2) is 0 Å². The Bertz CT molecular complexity index is 146. The third-order valence-corrected chi connectivity index (χ3v) is 4.87. The van der Waals surface area contributed by atoms with Gasteiger partial charge in [0.05, 0.1) is 0 Å². The standard InChI is InChI=1S/C16H33Br/c1-4-7-10-11-12-15-16(17,13-8-5-2)14-9-6-3/h4-15H2,1-3H3. The van der Waals surface area contributed by atoms with Gasteiger partial charge in [0.25, 0.3) is 0 Å². The SMILES string of the molecule is CCCCCCCC(Br)(CCCC)CCCC. The summed E-state index contributed by atoms with van der Waals surface area (Å²) in [7, 11) is 0. The Balaban J connectivity index is 3.82. The predicted molar refractivity (Wildman–Crippen MR) is 84.1 cm³/mol. The number of hydrogen-bond donors (Lipinski definition) is 0. The molecule has 0 fully saturated rings. The van der Waals surface area contributed by atoms with E-state index in [4.69, 9.17) is 0 Å². The molecular formula is C16H33Br. The predicted octanol–water partition coefficient (Wildman–Crippen LogP) is 6.86. The first kappa shape index (κ1) is 17.5. The highest BCUT2D eigenvalue weighted by Gasteiger charge is 2.24. The van der Waals surface area contributed by atoms with Gasteiger partial charge in [-0.15, -0.1) is 0 Å². The van der Waals surface area contributed by atoms with Crippen molar-refractivity contribution >= 4 is 15.9 Å². The van der Waals surface area contributed by atoms with Crippen LogP contribution in [0.5, 0.6) is 0 Å². The van der Waals surface area contributed by atoms with Gasteiger partial charge in [-0.05, 0) is 19.3 Å². The van der Waals surface area contributed by atoms with Gasteiger partial charge >= 0.3 is 0 Å². The summed E-state index contributed by atoms with van der Waals surface area (Å²) in [4.78, 5) is 0. The van der Waals surface area contributed by atoms with E-state index in [0.29, 0.717) is 4.32 Å². The van der Waals surface area contributed by atoms with Crippen LogP contribution < -0.4 is 0 Å². The second-order valence-corrected chi connectivity index (χ2v) is 7.20. The molecular weight excluding hydrogens is 272 g/mol. The summed E-state index contributed by atoms with van der Waals surface area (Å²) in [5.41, 5.74) is 0. The molecule has 0 N–H and O–H groups in total. The van der Waals surface area contributed by atoms with Crippen molar-refractivity contribution in [2.24, 2.45) is 0 Å². The molecule has 0 nitrogen and oxygen atoms in total. The largest absolute Gasteiger partial charge is 0.0853 e. The van der Waals surface area contributed by atoms with Crippen LogP contribution in [0.1, 0.15) is 97.8 Å². The van der Waals surface area contributed by atoms with E-state index in [0.717, 1.165) is 0 Å².